The predicted molar refractivity (Wildman–Crippen MR) is 110 cm³/mol. The van der Waals surface area contributed by atoms with E-state index in [1.54, 1.807) is 30.3 Å². The van der Waals surface area contributed by atoms with Crippen LogP contribution in [-0.2, 0) is 9.53 Å². The minimum absolute atomic E-state index is 0.256. The third-order valence-electron chi connectivity index (χ3n) is 4.56. The zero-order chi connectivity index (χ0) is 20.4. The predicted octanol–water partition coefficient (Wildman–Crippen LogP) is 4.13. The quantitative estimate of drug-likeness (QED) is 0.420. The van der Waals surface area contributed by atoms with Crippen LogP contribution in [0.15, 0.2) is 82.0 Å². The topological polar surface area (TPSA) is 85.6 Å². The van der Waals surface area contributed by atoms with Gasteiger partial charge in [0, 0.05) is 16.5 Å². The third kappa shape index (κ3) is 3.73. The lowest BCUT2D eigenvalue weighted by Crippen LogP contribution is -2.31. The fraction of sp³-hybridized carbons (Fsp3) is 0.0870. The van der Waals surface area contributed by atoms with Gasteiger partial charge in [0.1, 0.15) is 11.1 Å². The molecule has 3 aromatic carbocycles. The second kappa shape index (κ2) is 7.59. The number of nitrogens with one attached hydrogen (secondary N) is 1. The van der Waals surface area contributed by atoms with Crippen LogP contribution in [0.25, 0.3) is 21.7 Å². The molecule has 1 N–H and O–H groups in total. The summed E-state index contributed by atoms with van der Waals surface area (Å²) >= 11 is 0. The highest BCUT2D eigenvalue weighted by Crippen LogP contribution is 2.23. The summed E-state index contributed by atoms with van der Waals surface area (Å²) in [5, 5.41) is 5.21. The summed E-state index contributed by atoms with van der Waals surface area (Å²) < 4.78 is 10.3. The van der Waals surface area contributed by atoms with E-state index in [4.69, 9.17) is 9.15 Å². The molecule has 0 aliphatic heterocycles. The van der Waals surface area contributed by atoms with Gasteiger partial charge in [0.05, 0.1) is 0 Å². The molecule has 4 aromatic rings. The molecule has 4 rings (SSSR count). The number of hydrogen-bond acceptors (Lipinski definition) is 5. The smallest absolute Gasteiger partial charge is 0.351 e. The van der Waals surface area contributed by atoms with Crippen molar-refractivity contribution < 1.29 is 18.7 Å². The molecule has 0 aliphatic rings. The van der Waals surface area contributed by atoms with Crippen molar-refractivity contribution in [1.82, 2.24) is 0 Å². The van der Waals surface area contributed by atoms with Crippen LogP contribution in [0.3, 0.4) is 0 Å². The number of amides is 1. The molecule has 0 aliphatic carbocycles. The first-order valence-electron chi connectivity index (χ1n) is 9.05. The van der Waals surface area contributed by atoms with E-state index >= 15 is 0 Å². The van der Waals surface area contributed by atoms with Crippen LogP contribution in [0.1, 0.15) is 17.3 Å². The Bertz CT molecular complexity index is 1290. The highest BCUT2D eigenvalue weighted by Gasteiger charge is 2.22. The Labute approximate surface area is 165 Å². The van der Waals surface area contributed by atoms with Crippen molar-refractivity contribution in [2.24, 2.45) is 0 Å². The van der Waals surface area contributed by atoms with Gasteiger partial charge < -0.3 is 14.5 Å². The van der Waals surface area contributed by atoms with E-state index in [2.05, 4.69) is 5.32 Å². The molecule has 29 heavy (non-hydrogen) atoms. The van der Waals surface area contributed by atoms with E-state index in [9.17, 15) is 14.4 Å². The second-order valence-corrected chi connectivity index (χ2v) is 6.55. The lowest BCUT2D eigenvalue weighted by molar-refractivity contribution is -0.123. The van der Waals surface area contributed by atoms with Crippen molar-refractivity contribution in [2.75, 3.05) is 5.32 Å². The Kier molecular flexibility index (Phi) is 4.83. The number of ether oxygens (including phenoxy) is 1. The van der Waals surface area contributed by atoms with Crippen molar-refractivity contribution in [3.63, 3.8) is 0 Å². The molecule has 6 heteroatoms. The van der Waals surface area contributed by atoms with Crippen LogP contribution in [-0.4, -0.2) is 18.0 Å². The number of benzene rings is 3. The van der Waals surface area contributed by atoms with Gasteiger partial charge in [-0.1, -0.05) is 54.6 Å². The van der Waals surface area contributed by atoms with Crippen molar-refractivity contribution >= 4 is 39.3 Å². The molecule has 0 fully saturated rings. The number of carbonyl (C=O) groups is 2. The number of para-hydroxylation sites is 1. The summed E-state index contributed by atoms with van der Waals surface area (Å²) in [4.78, 5) is 37.1. The average molecular weight is 387 g/mol. The van der Waals surface area contributed by atoms with E-state index in [0.717, 1.165) is 10.8 Å². The van der Waals surface area contributed by atoms with Gasteiger partial charge in [-0.25, -0.2) is 9.59 Å². The maximum atomic E-state index is 12.5. The minimum atomic E-state index is -1.10. The number of anilines is 1. The third-order valence-corrected chi connectivity index (χ3v) is 4.56. The summed E-state index contributed by atoms with van der Waals surface area (Å²) in [6.45, 7) is 1.45. The molecule has 0 bridgehead atoms. The lowest BCUT2D eigenvalue weighted by atomic mass is 10.1. The maximum Gasteiger partial charge on any atom is 0.351 e. The highest BCUT2D eigenvalue weighted by molar-refractivity contribution is 6.04. The van der Waals surface area contributed by atoms with Gasteiger partial charge in [-0.05, 0) is 30.5 Å². The molecule has 0 radical (unpaired) electrons. The molecular weight excluding hydrogens is 370 g/mol. The van der Waals surface area contributed by atoms with Crippen LogP contribution in [0.5, 0.6) is 0 Å². The Balaban J connectivity index is 1.52. The van der Waals surface area contributed by atoms with Crippen molar-refractivity contribution in [3.05, 3.63) is 88.8 Å². The molecule has 1 heterocycles. The number of rotatable bonds is 4. The first-order valence-corrected chi connectivity index (χ1v) is 9.05. The van der Waals surface area contributed by atoms with Crippen LogP contribution in [0, 0.1) is 0 Å². The molecule has 1 atom stereocenters. The molecule has 0 unspecified atom stereocenters. The second-order valence-electron chi connectivity index (χ2n) is 6.55. The molecular formula is C23H17NO5. The first-order chi connectivity index (χ1) is 14.0. The van der Waals surface area contributed by atoms with Crippen LogP contribution < -0.4 is 10.9 Å². The zero-order valence-electron chi connectivity index (χ0n) is 15.5. The molecule has 0 saturated heterocycles. The largest absolute Gasteiger partial charge is 0.449 e. The zero-order valence-corrected chi connectivity index (χ0v) is 15.5. The number of esters is 1. The minimum Gasteiger partial charge on any atom is -0.449 e. The van der Waals surface area contributed by atoms with Gasteiger partial charge in [0.25, 0.3) is 5.91 Å². The standard InChI is InChI=1S/C23H17NO5/c1-14(21(25)24-19-11-6-9-15-7-2-4-10-17(15)19)28-22(26)18-13-16-8-3-5-12-20(16)29-23(18)27/h2-14H,1H3,(H,24,25)/t14-/m0/s1. The molecule has 6 nitrogen and oxygen atoms in total. The monoisotopic (exact) mass is 387 g/mol. The molecule has 144 valence electrons. The summed E-state index contributed by atoms with van der Waals surface area (Å²) in [5.74, 6) is -1.41. The number of fused-ring (bicyclic) bond motifs is 2. The summed E-state index contributed by atoms with van der Waals surface area (Å²) in [5.41, 5.74) is -0.0825. The molecule has 1 amide bonds. The molecule has 1 aromatic heterocycles. The highest BCUT2D eigenvalue weighted by atomic mass is 16.5. The van der Waals surface area contributed by atoms with Gasteiger partial charge in [0.2, 0.25) is 0 Å². The van der Waals surface area contributed by atoms with E-state index in [-0.39, 0.29) is 5.56 Å². The Hall–Kier alpha value is -3.93. The van der Waals surface area contributed by atoms with E-state index in [1.165, 1.54) is 13.0 Å². The van der Waals surface area contributed by atoms with E-state index in [1.807, 2.05) is 36.4 Å². The van der Waals surface area contributed by atoms with Gasteiger partial charge in [-0.2, -0.15) is 0 Å². The fourth-order valence-corrected chi connectivity index (χ4v) is 3.05. The Morgan fingerprint density at radius 1 is 0.931 bits per heavy atom. The van der Waals surface area contributed by atoms with Gasteiger partial charge >= 0.3 is 11.6 Å². The molecule has 0 spiro atoms. The normalized spacial score (nSPS) is 11.9. The number of carbonyl (C=O) groups excluding carboxylic acids is 2. The van der Waals surface area contributed by atoms with Crippen molar-refractivity contribution in [2.45, 2.75) is 13.0 Å². The Morgan fingerprint density at radius 3 is 2.45 bits per heavy atom. The van der Waals surface area contributed by atoms with Crippen molar-refractivity contribution in [3.8, 4) is 0 Å². The number of hydrogen-bond donors (Lipinski definition) is 1. The van der Waals surface area contributed by atoms with Crippen LogP contribution in [0.2, 0.25) is 0 Å². The summed E-state index contributed by atoms with van der Waals surface area (Å²) in [6, 6.07) is 21.4. The Morgan fingerprint density at radius 2 is 1.62 bits per heavy atom. The average Bonchev–Trinajstić information content (AvgIpc) is 2.73. The van der Waals surface area contributed by atoms with E-state index < -0.39 is 23.6 Å². The van der Waals surface area contributed by atoms with Gasteiger partial charge in [-0.15, -0.1) is 0 Å². The first kappa shape index (κ1) is 18.4. The van der Waals surface area contributed by atoms with Gasteiger partial charge in [-0.3, -0.25) is 4.79 Å². The van der Waals surface area contributed by atoms with Crippen LogP contribution >= 0.6 is 0 Å². The maximum absolute atomic E-state index is 12.5. The van der Waals surface area contributed by atoms with Crippen molar-refractivity contribution in [1.29, 1.82) is 0 Å². The van der Waals surface area contributed by atoms with E-state index in [0.29, 0.717) is 16.7 Å². The molecule has 0 saturated carbocycles. The summed E-state index contributed by atoms with van der Waals surface area (Å²) in [7, 11) is 0. The SMILES string of the molecule is C[C@H](OC(=O)c1cc2ccccc2oc1=O)C(=O)Nc1cccc2ccccc12. The fourth-order valence-electron chi connectivity index (χ4n) is 3.05. The lowest BCUT2D eigenvalue weighted by Gasteiger charge is -2.14. The van der Waals surface area contributed by atoms with Gasteiger partial charge in [0.15, 0.2) is 6.10 Å². The van der Waals surface area contributed by atoms with Crippen LogP contribution in [0.4, 0.5) is 5.69 Å². The summed E-state index contributed by atoms with van der Waals surface area (Å²) in [6.07, 6.45) is -1.10.